The highest BCUT2D eigenvalue weighted by Crippen LogP contribution is 2.29. The molecule has 0 aliphatic heterocycles. The van der Waals surface area contributed by atoms with Gasteiger partial charge < -0.3 is 14.0 Å². The van der Waals surface area contributed by atoms with Crippen molar-refractivity contribution in [3.8, 4) is 22.9 Å². The summed E-state index contributed by atoms with van der Waals surface area (Å²) >= 11 is 0. The minimum absolute atomic E-state index is 0.126. The largest absolute Gasteiger partial charge is 0.494 e. The molecule has 0 amide bonds. The van der Waals surface area contributed by atoms with Crippen LogP contribution in [0, 0.1) is 6.92 Å². The highest BCUT2D eigenvalue weighted by Gasteiger charge is 2.16. The first kappa shape index (κ1) is 20.5. The van der Waals surface area contributed by atoms with Gasteiger partial charge in [-0.25, -0.2) is 13.4 Å². The van der Waals surface area contributed by atoms with E-state index in [2.05, 4.69) is 9.71 Å². The van der Waals surface area contributed by atoms with Gasteiger partial charge >= 0.3 is 0 Å². The number of benzene rings is 3. The summed E-state index contributed by atoms with van der Waals surface area (Å²) in [4.78, 5) is 4.34. The average Bonchev–Trinajstić information content (AvgIpc) is 3.20. The molecule has 8 heteroatoms. The molecule has 7 nitrogen and oxygen atoms in total. The molecule has 4 rings (SSSR count). The molecule has 1 N–H and O–H groups in total. The van der Waals surface area contributed by atoms with Crippen LogP contribution in [0.4, 0.5) is 5.69 Å². The number of aromatic nitrogens is 2. The van der Waals surface area contributed by atoms with Crippen LogP contribution in [-0.2, 0) is 10.0 Å². The molecule has 0 radical (unpaired) electrons. The fraction of sp³-hybridized carbons (Fsp3) is 0.0870. The minimum atomic E-state index is -3.78. The molecule has 31 heavy (non-hydrogen) atoms. The quantitative estimate of drug-likeness (QED) is 0.452. The van der Waals surface area contributed by atoms with Gasteiger partial charge in [-0.15, -0.1) is 0 Å². The van der Waals surface area contributed by atoms with Crippen molar-refractivity contribution in [2.45, 2.75) is 11.8 Å². The zero-order valence-electron chi connectivity index (χ0n) is 17.0. The maximum atomic E-state index is 12.8. The second-order valence-electron chi connectivity index (χ2n) is 6.80. The monoisotopic (exact) mass is 435 g/mol. The lowest BCUT2D eigenvalue weighted by atomic mass is 10.2. The Hall–Kier alpha value is -3.78. The Bertz CT molecular complexity index is 1280. The maximum Gasteiger partial charge on any atom is 0.261 e. The van der Waals surface area contributed by atoms with Crippen LogP contribution in [0.2, 0.25) is 0 Å². The number of hydrogen-bond donors (Lipinski definition) is 1. The Labute approximate surface area is 181 Å². The van der Waals surface area contributed by atoms with Gasteiger partial charge in [-0.05, 0) is 55.5 Å². The molecule has 1 aromatic heterocycles. The van der Waals surface area contributed by atoms with E-state index in [-0.39, 0.29) is 4.90 Å². The van der Waals surface area contributed by atoms with E-state index in [9.17, 15) is 8.42 Å². The molecule has 0 saturated heterocycles. The molecule has 0 unspecified atom stereocenters. The first-order valence-electron chi connectivity index (χ1n) is 9.49. The van der Waals surface area contributed by atoms with Gasteiger partial charge in [0.1, 0.15) is 17.2 Å². The molecule has 0 fully saturated rings. The number of nitrogens with one attached hydrogen (secondary N) is 1. The molecule has 0 aliphatic rings. The molecule has 1 heterocycles. The number of sulfonamides is 1. The normalized spacial score (nSPS) is 11.2. The smallest absolute Gasteiger partial charge is 0.261 e. The van der Waals surface area contributed by atoms with Crippen LogP contribution < -0.4 is 14.2 Å². The van der Waals surface area contributed by atoms with Crippen LogP contribution in [0.5, 0.6) is 17.2 Å². The highest BCUT2D eigenvalue weighted by atomic mass is 32.2. The van der Waals surface area contributed by atoms with Gasteiger partial charge in [0.05, 0.1) is 35.4 Å². The zero-order chi connectivity index (χ0) is 21.8. The van der Waals surface area contributed by atoms with Crippen molar-refractivity contribution in [3.63, 3.8) is 0 Å². The Morgan fingerprint density at radius 1 is 0.935 bits per heavy atom. The molecular weight excluding hydrogens is 414 g/mol. The van der Waals surface area contributed by atoms with Crippen molar-refractivity contribution in [1.29, 1.82) is 0 Å². The van der Waals surface area contributed by atoms with Crippen LogP contribution in [0.25, 0.3) is 5.69 Å². The summed E-state index contributed by atoms with van der Waals surface area (Å²) in [5.74, 6) is 1.74. The minimum Gasteiger partial charge on any atom is -0.494 e. The third-order valence-corrected chi connectivity index (χ3v) is 5.93. The van der Waals surface area contributed by atoms with Crippen molar-refractivity contribution < 1.29 is 17.9 Å². The Morgan fingerprint density at radius 2 is 1.65 bits per heavy atom. The summed E-state index contributed by atoms with van der Waals surface area (Å²) < 4.78 is 41.2. The van der Waals surface area contributed by atoms with E-state index in [0.29, 0.717) is 22.9 Å². The fourth-order valence-corrected chi connectivity index (χ4v) is 4.08. The van der Waals surface area contributed by atoms with Crippen LogP contribution in [0.1, 0.15) is 5.69 Å². The summed E-state index contributed by atoms with van der Waals surface area (Å²) in [5.41, 5.74) is 2.02. The van der Waals surface area contributed by atoms with E-state index >= 15 is 0 Å². The van der Waals surface area contributed by atoms with E-state index in [1.165, 1.54) is 19.2 Å². The molecule has 0 aliphatic carbocycles. The summed E-state index contributed by atoms with van der Waals surface area (Å²) in [6, 6.07) is 20.6. The second-order valence-corrected chi connectivity index (χ2v) is 8.48. The number of rotatable bonds is 7. The van der Waals surface area contributed by atoms with Crippen LogP contribution in [-0.4, -0.2) is 25.1 Å². The number of nitrogens with zero attached hydrogens (tertiary/aromatic N) is 2. The summed E-state index contributed by atoms with van der Waals surface area (Å²) in [5, 5.41) is 0. The number of ether oxygens (including phenoxy) is 2. The summed E-state index contributed by atoms with van der Waals surface area (Å²) in [6.45, 7) is 1.89. The van der Waals surface area contributed by atoms with Crippen molar-refractivity contribution in [2.24, 2.45) is 0 Å². The van der Waals surface area contributed by atoms with Crippen LogP contribution in [0.3, 0.4) is 0 Å². The molecule has 3 aromatic carbocycles. The van der Waals surface area contributed by atoms with E-state index < -0.39 is 10.0 Å². The van der Waals surface area contributed by atoms with E-state index in [4.69, 9.17) is 9.47 Å². The molecule has 4 aromatic rings. The standard InChI is InChI=1S/C23H21N3O4S/c1-17-15-26(16-24-17)22-13-8-18(14-23(22)29-2)25-31(27,28)21-11-9-20(10-12-21)30-19-6-4-3-5-7-19/h3-16,25H,1-2H3. The van der Waals surface area contributed by atoms with Crippen molar-refractivity contribution in [2.75, 3.05) is 11.8 Å². The van der Waals surface area contributed by atoms with E-state index in [1.807, 2.05) is 48.0 Å². The van der Waals surface area contributed by atoms with Gasteiger partial charge in [-0.3, -0.25) is 4.72 Å². The van der Waals surface area contributed by atoms with Gasteiger partial charge in [-0.2, -0.15) is 0 Å². The third kappa shape index (κ3) is 4.70. The van der Waals surface area contributed by atoms with E-state index in [1.54, 1.807) is 36.7 Å². The average molecular weight is 436 g/mol. The molecular formula is C23H21N3O4S. The fourth-order valence-electron chi connectivity index (χ4n) is 3.03. The Kier molecular flexibility index (Phi) is 5.64. The first-order valence-corrected chi connectivity index (χ1v) is 11.0. The lowest BCUT2D eigenvalue weighted by molar-refractivity contribution is 0.413. The van der Waals surface area contributed by atoms with Crippen LogP contribution in [0.15, 0.2) is 90.2 Å². The summed E-state index contributed by atoms with van der Waals surface area (Å²) in [6.07, 6.45) is 3.54. The lowest BCUT2D eigenvalue weighted by Gasteiger charge is -2.13. The van der Waals surface area contributed by atoms with Gasteiger partial charge in [0, 0.05) is 12.3 Å². The van der Waals surface area contributed by atoms with Crippen molar-refractivity contribution >= 4 is 15.7 Å². The van der Waals surface area contributed by atoms with Crippen molar-refractivity contribution in [3.05, 3.63) is 91.0 Å². The van der Waals surface area contributed by atoms with E-state index in [0.717, 1.165) is 11.4 Å². The maximum absolute atomic E-state index is 12.8. The topological polar surface area (TPSA) is 82.5 Å². The number of imidazole rings is 1. The highest BCUT2D eigenvalue weighted by molar-refractivity contribution is 7.92. The van der Waals surface area contributed by atoms with Crippen molar-refractivity contribution in [1.82, 2.24) is 9.55 Å². The predicted molar refractivity (Wildman–Crippen MR) is 119 cm³/mol. The van der Waals surface area contributed by atoms with Gasteiger partial charge in [-0.1, -0.05) is 18.2 Å². The number of anilines is 1. The molecule has 0 atom stereocenters. The first-order chi connectivity index (χ1) is 14.9. The molecule has 158 valence electrons. The summed E-state index contributed by atoms with van der Waals surface area (Å²) in [7, 11) is -2.25. The third-order valence-electron chi connectivity index (χ3n) is 4.53. The number of hydrogen-bond acceptors (Lipinski definition) is 5. The number of aryl methyl sites for hydroxylation is 1. The lowest BCUT2D eigenvalue weighted by Crippen LogP contribution is -2.13. The van der Waals surface area contributed by atoms with Gasteiger partial charge in [0.25, 0.3) is 10.0 Å². The molecule has 0 spiro atoms. The number of methoxy groups -OCH3 is 1. The van der Waals surface area contributed by atoms with Gasteiger partial charge in [0.2, 0.25) is 0 Å². The molecule has 0 bridgehead atoms. The predicted octanol–water partition coefficient (Wildman–Crippen LogP) is 4.78. The number of para-hydroxylation sites is 1. The Balaban J connectivity index is 1.53. The van der Waals surface area contributed by atoms with Gasteiger partial charge in [0.15, 0.2) is 0 Å². The zero-order valence-corrected chi connectivity index (χ0v) is 17.8. The SMILES string of the molecule is COc1cc(NS(=O)(=O)c2ccc(Oc3ccccc3)cc2)ccc1-n1cnc(C)c1. The Morgan fingerprint density at radius 3 is 2.29 bits per heavy atom. The molecule has 0 saturated carbocycles. The second kappa shape index (κ2) is 8.53. The van der Waals surface area contributed by atoms with Crippen LogP contribution >= 0.6 is 0 Å².